The molecule has 1 heterocycles. The molecule has 0 radical (unpaired) electrons. The van der Waals surface area contributed by atoms with Crippen LogP contribution < -0.4 is 0 Å². The van der Waals surface area contributed by atoms with Gasteiger partial charge in [-0.05, 0) is 6.92 Å². The van der Waals surface area contributed by atoms with Crippen LogP contribution in [-0.4, -0.2) is 22.8 Å². The number of carbonyl (C=O) groups excluding carboxylic acids is 1. The van der Waals surface area contributed by atoms with E-state index in [1.807, 2.05) is 0 Å². The molecule has 0 aliphatic rings. The van der Waals surface area contributed by atoms with E-state index >= 15 is 0 Å². The van der Waals surface area contributed by atoms with Crippen LogP contribution in [0.25, 0.3) is 0 Å². The molecule has 11 heavy (non-hydrogen) atoms. The number of hydrogen-bond acceptors (Lipinski definition) is 3. The van der Waals surface area contributed by atoms with Gasteiger partial charge in [-0.3, -0.25) is 5.10 Å². The van der Waals surface area contributed by atoms with Crippen molar-refractivity contribution in [2.45, 2.75) is 6.92 Å². The van der Waals surface area contributed by atoms with E-state index in [9.17, 15) is 4.79 Å². The molecule has 0 spiro atoms. The Hall–Kier alpha value is -1.03. The summed E-state index contributed by atoms with van der Waals surface area (Å²) < 4.78 is 4.66. The zero-order valence-corrected chi connectivity index (χ0v) is 6.68. The van der Waals surface area contributed by atoms with Gasteiger partial charge in [-0.15, -0.1) is 0 Å². The summed E-state index contributed by atoms with van der Waals surface area (Å²) in [4.78, 5) is 10.9. The lowest BCUT2D eigenvalue weighted by Crippen LogP contribution is -2.04. The van der Waals surface area contributed by atoms with Crippen molar-refractivity contribution in [2.24, 2.45) is 0 Å². The highest BCUT2D eigenvalue weighted by Crippen LogP contribution is 2.05. The maximum atomic E-state index is 10.9. The molecule has 0 unspecified atom stereocenters. The summed E-state index contributed by atoms with van der Waals surface area (Å²) in [5.41, 5.74) is 0.205. The lowest BCUT2D eigenvalue weighted by atomic mass is 10.4. The average Bonchev–Trinajstić information content (AvgIpc) is 2.36. The van der Waals surface area contributed by atoms with Gasteiger partial charge in [-0.1, -0.05) is 11.6 Å². The van der Waals surface area contributed by atoms with Crippen molar-refractivity contribution in [1.82, 2.24) is 10.2 Å². The van der Waals surface area contributed by atoms with Crippen molar-refractivity contribution in [3.05, 3.63) is 16.9 Å². The lowest BCUT2D eigenvalue weighted by Gasteiger charge is -1.94. The number of nitrogens with zero attached hydrogens (tertiary/aromatic N) is 1. The molecule has 5 heteroatoms. The Morgan fingerprint density at radius 1 is 1.91 bits per heavy atom. The van der Waals surface area contributed by atoms with Crippen LogP contribution in [0.5, 0.6) is 0 Å². The van der Waals surface area contributed by atoms with E-state index in [1.54, 1.807) is 6.92 Å². The molecule has 1 N–H and O–H groups in total. The Bertz CT molecular complexity index is 259. The molecule has 0 aromatic carbocycles. The average molecular weight is 175 g/mol. The van der Waals surface area contributed by atoms with Gasteiger partial charge in [0.1, 0.15) is 5.15 Å². The van der Waals surface area contributed by atoms with Gasteiger partial charge in [-0.25, -0.2) is 4.79 Å². The summed E-state index contributed by atoms with van der Waals surface area (Å²) >= 11 is 5.48. The van der Waals surface area contributed by atoms with Gasteiger partial charge in [0.25, 0.3) is 0 Å². The van der Waals surface area contributed by atoms with E-state index < -0.39 is 5.97 Å². The zero-order valence-electron chi connectivity index (χ0n) is 5.93. The number of carbonyl (C=O) groups is 1. The molecule has 1 aromatic heterocycles. The van der Waals surface area contributed by atoms with Gasteiger partial charge in [0.2, 0.25) is 0 Å². The lowest BCUT2D eigenvalue weighted by molar-refractivity contribution is 0.0519. The third-order valence-corrected chi connectivity index (χ3v) is 1.22. The quantitative estimate of drug-likeness (QED) is 0.687. The fraction of sp³-hybridized carbons (Fsp3) is 0.333. The second-order valence-electron chi connectivity index (χ2n) is 1.82. The minimum Gasteiger partial charge on any atom is -0.461 e. The molecule has 4 nitrogen and oxygen atoms in total. The van der Waals surface area contributed by atoms with Gasteiger partial charge >= 0.3 is 5.97 Å². The predicted molar refractivity (Wildman–Crippen MR) is 39.6 cm³/mol. The standard InChI is InChI=1S/C6H7ClN2O2/c1-2-11-6(10)4-3-5(7)9-8-4/h3H,2H2,1H3,(H,8,9). The number of rotatable bonds is 2. The summed E-state index contributed by atoms with van der Waals surface area (Å²) in [7, 11) is 0. The van der Waals surface area contributed by atoms with Gasteiger partial charge in [-0.2, -0.15) is 5.10 Å². The number of nitrogens with one attached hydrogen (secondary N) is 1. The highest BCUT2D eigenvalue weighted by molar-refractivity contribution is 6.29. The highest BCUT2D eigenvalue weighted by Gasteiger charge is 2.09. The van der Waals surface area contributed by atoms with Crippen molar-refractivity contribution in [3.63, 3.8) is 0 Å². The molecule has 0 amide bonds. The van der Waals surface area contributed by atoms with Gasteiger partial charge in [0.15, 0.2) is 5.69 Å². The number of aromatic amines is 1. The number of H-pyrrole nitrogens is 1. The van der Waals surface area contributed by atoms with E-state index in [4.69, 9.17) is 11.6 Å². The first-order valence-corrected chi connectivity index (χ1v) is 3.50. The predicted octanol–water partition coefficient (Wildman–Crippen LogP) is 1.24. The molecule has 0 bridgehead atoms. The molecule has 0 atom stereocenters. The molecule has 60 valence electrons. The van der Waals surface area contributed by atoms with Crippen LogP contribution in [0.15, 0.2) is 6.07 Å². The van der Waals surface area contributed by atoms with Crippen molar-refractivity contribution < 1.29 is 9.53 Å². The number of halogens is 1. The smallest absolute Gasteiger partial charge is 0.358 e. The monoisotopic (exact) mass is 174 g/mol. The molecule has 0 aliphatic carbocycles. The van der Waals surface area contributed by atoms with Gasteiger partial charge in [0.05, 0.1) is 6.61 Å². The number of aromatic nitrogens is 2. The maximum absolute atomic E-state index is 10.9. The van der Waals surface area contributed by atoms with E-state index in [0.717, 1.165) is 0 Å². The Morgan fingerprint density at radius 3 is 3.09 bits per heavy atom. The fourth-order valence-electron chi connectivity index (χ4n) is 0.608. The second-order valence-corrected chi connectivity index (χ2v) is 2.23. The summed E-state index contributed by atoms with van der Waals surface area (Å²) in [6.07, 6.45) is 0. The van der Waals surface area contributed by atoms with Crippen molar-refractivity contribution >= 4 is 17.6 Å². The van der Waals surface area contributed by atoms with E-state index in [1.165, 1.54) is 6.07 Å². The van der Waals surface area contributed by atoms with Crippen LogP contribution in [0, 0.1) is 0 Å². The van der Waals surface area contributed by atoms with E-state index in [2.05, 4.69) is 14.9 Å². The van der Waals surface area contributed by atoms with Crippen LogP contribution in [-0.2, 0) is 4.74 Å². The van der Waals surface area contributed by atoms with Crippen molar-refractivity contribution in [3.8, 4) is 0 Å². The molecule has 1 rings (SSSR count). The number of hydrogen-bond donors (Lipinski definition) is 1. The first kappa shape index (κ1) is 8.07. The van der Waals surface area contributed by atoms with Gasteiger partial charge < -0.3 is 4.74 Å². The highest BCUT2D eigenvalue weighted by atomic mass is 35.5. The van der Waals surface area contributed by atoms with Gasteiger partial charge in [0, 0.05) is 6.07 Å². The third-order valence-electron chi connectivity index (χ3n) is 1.03. The van der Waals surface area contributed by atoms with Crippen LogP contribution in [0.4, 0.5) is 0 Å². The molecule has 0 aliphatic heterocycles. The minimum atomic E-state index is -0.462. The van der Waals surface area contributed by atoms with Crippen LogP contribution in [0.1, 0.15) is 17.4 Å². The largest absolute Gasteiger partial charge is 0.461 e. The second kappa shape index (κ2) is 3.39. The van der Waals surface area contributed by atoms with Crippen molar-refractivity contribution in [2.75, 3.05) is 6.61 Å². The molecule has 0 fully saturated rings. The normalized spacial score (nSPS) is 9.64. The first-order chi connectivity index (χ1) is 5.24. The van der Waals surface area contributed by atoms with Crippen LogP contribution >= 0.6 is 11.6 Å². The molecule has 1 aromatic rings. The molecular formula is C6H7ClN2O2. The van der Waals surface area contributed by atoms with E-state index in [0.29, 0.717) is 11.8 Å². The zero-order chi connectivity index (χ0) is 8.27. The van der Waals surface area contributed by atoms with Crippen molar-refractivity contribution in [1.29, 1.82) is 0 Å². The SMILES string of the molecule is CCOC(=O)c1cc(Cl)[nH]n1. The Morgan fingerprint density at radius 2 is 2.64 bits per heavy atom. The number of ether oxygens (including phenoxy) is 1. The topological polar surface area (TPSA) is 55.0 Å². The summed E-state index contributed by atoms with van der Waals surface area (Å²) in [6.45, 7) is 2.06. The van der Waals surface area contributed by atoms with Crippen LogP contribution in [0.3, 0.4) is 0 Å². The fourth-order valence-corrected chi connectivity index (χ4v) is 0.753. The minimum absolute atomic E-state index is 0.205. The summed E-state index contributed by atoms with van der Waals surface area (Å²) in [5, 5.41) is 6.35. The third kappa shape index (κ3) is 1.94. The summed E-state index contributed by atoms with van der Waals surface area (Å²) in [6, 6.07) is 1.42. The summed E-state index contributed by atoms with van der Waals surface area (Å²) in [5.74, 6) is -0.462. The van der Waals surface area contributed by atoms with Crippen LogP contribution in [0.2, 0.25) is 5.15 Å². The first-order valence-electron chi connectivity index (χ1n) is 3.12. The number of esters is 1. The Labute approximate surface area is 68.5 Å². The Balaban J connectivity index is 2.69. The molecule has 0 saturated heterocycles. The Kier molecular flexibility index (Phi) is 2.48. The van der Waals surface area contributed by atoms with E-state index in [-0.39, 0.29) is 5.69 Å². The maximum Gasteiger partial charge on any atom is 0.358 e. The molecule has 0 saturated carbocycles. The molecular weight excluding hydrogens is 168 g/mol.